The van der Waals surface area contributed by atoms with Crippen LogP contribution in [0.2, 0.25) is 0 Å². The second-order valence-electron chi connectivity index (χ2n) is 7.81. The molecule has 1 aliphatic carbocycles. The summed E-state index contributed by atoms with van der Waals surface area (Å²) >= 11 is 0. The Kier molecular flexibility index (Phi) is 5.43. The minimum Gasteiger partial charge on any atom is -0.369 e. The number of amides is 1. The molecular formula is C21H25ClN6O. The smallest absolute Gasteiger partial charge is 0.257 e. The monoisotopic (exact) mass is 412 g/mol. The second kappa shape index (κ2) is 8.00. The van der Waals surface area contributed by atoms with E-state index in [1.807, 2.05) is 12.4 Å². The van der Waals surface area contributed by atoms with Gasteiger partial charge in [-0.05, 0) is 49.3 Å². The first-order valence-electron chi connectivity index (χ1n) is 9.92. The van der Waals surface area contributed by atoms with Crippen LogP contribution in [0.1, 0.15) is 47.5 Å². The maximum absolute atomic E-state index is 12.7. The molecule has 3 aromatic heterocycles. The van der Waals surface area contributed by atoms with Gasteiger partial charge >= 0.3 is 0 Å². The molecule has 2 fully saturated rings. The molecule has 0 bridgehead atoms. The van der Waals surface area contributed by atoms with Crippen molar-refractivity contribution in [1.82, 2.24) is 15.0 Å². The molecule has 5 rings (SSSR count). The number of H-pyrrole nitrogens is 1. The van der Waals surface area contributed by atoms with Crippen molar-refractivity contribution in [3.05, 3.63) is 48.0 Å². The SMILES string of the molecule is Cl.N[C@@H]1CCCN(c2c(C3CC3)cnc3[nH]cc(NC(=O)c4cccnc4)c23)C1. The number of aromatic nitrogens is 3. The van der Waals surface area contributed by atoms with Gasteiger partial charge in [0, 0.05) is 43.9 Å². The van der Waals surface area contributed by atoms with Gasteiger partial charge in [0.05, 0.1) is 22.3 Å². The lowest BCUT2D eigenvalue weighted by molar-refractivity contribution is 0.102. The van der Waals surface area contributed by atoms with E-state index in [4.69, 9.17) is 5.73 Å². The first kappa shape index (κ1) is 19.7. The van der Waals surface area contributed by atoms with Gasteiger partial charge in [-0.2, -0.15) is 0 Å². The van der Waals surface area contributed by atoms with Gasteiger partial charge in [-0.25, -0.2) is 4.98 Å². The van der Waals surface area contributed by atoms with E-state index in [-0.39, 0.29) is 24.4 Å². The number of nitrogens with zero attached hydrogens (tertiary/aromatic N) is 3. The van der Waals surface area contributed by atoms with Crippen LogP contribution in [0.25, 0.3) is 11.0 Å². The Morgan fingerprint density at radius 3 is 2.86 bits per heavy atom. The van der Waals surface area contributed by atoms with E-state index in [1.165, 1.54) is 24.1 Å². The second-order valence-corrected chi connectivity index (χ2v) is 7.81. The first-order valence-corrected chi connectivity index (χ1v) is 9.92. The van der Waals surface area contributed by atoms with Crippen LogP contribution in [0.5, 0.6) is 0 Å². The maximum Gasteiger partial charge on any atom is 0.257 e. The van der Waals surface area contributed by atoms with Crippen molar-refractivity contribution in [2.24, 2.45) is 5.73 Å². The van der Waals surface area contributed by atoms with Crippen molar-refractivity contribution in [2.45, 2.75) is 37.6 Å². The number of carbonyl (C=O) groups is 1. The maximum atomic E-state index is 12.7. The third kappa shape index (κ3) is 3.80. The van der Waals surface area contributed by atoms with E-state index in [1.54, 1.807) is 24.5 Å². The molecule has 4 N–H and O–H groups in total. The zero-order valence-corrected chi connectivity index (χ0v) is 16.9. The molecule has 1 aliphatic heterocycles. The number of nitrogens with two attached hydrogens (primary N) is 1. The highest BCUT2D eigenvalue weighted by Crippen LogP contribution is 2.48. The standard InChI is InChI=1S/C21H24N6O.ClH/c22-15-4-2-8-27(12-15)19-16(13-5-6-13)10-24-20-18(19)17(11-25-20)26-21(28)14-3-1-7-23-9-14;/h1,3,7,9-11,13,15H,2,4-6,8,12,22H2,(H,24,25)(H,26,28);1H/t15-;/m1./s1. The van der Waals surface area contributed by atoms with Gasteiger partial charge in [-0.15, -0.1) is 12.4 Å². The fourth-order valence-corrected chi connectivity index (χ4v) is 4.13. The molecule has 3 aromatic rings. The van der Waals surface area contributed by atoms with Gasteiger partial charge in [0.25, 0.3) is 5.91 Å². The fraction of sp³-hybridized carbons (Fsp3) is 0.381. The highest BCUT2D eigenvalue weighted by molar-refractivity contribution is 6.11. The van der Waals surface area contributed by atoms with E-state index in [2.05, 4.69) is 25.2 Å². The number of fused-ring (bicyclic) bond motifs is 1. The summed E-state index contributed by atoms with van der Waals surface area (Å²) in [6.07, 6.45) is 11.6. The average Bonchev–Trinajstić information content (AvgIpc) is 3.49. The third-order valence-electron chi connectivity index (χ3n) is 5.67. The van der Waals surface area contributed by atoms with Crippen molar-refractivity contribution in [2.75, 3.05) is 23.3 Å². The van der Waals surface area contributed by atoms with Crippen LogP contribution < -0.4 is 16.0 Å². The number of aromatic amines is 1. The lowest BCUT2D eigenvalue weighted by Gasteiger charge is -2.34. The molecule has 7 nitrogen and oxygen atoms in total. The molecule has 0 unspecified atom stereocenters. The molecule has 29 heavy (non-hydrogen) atoms. The van der Waals surface area contributed by atoms with Gasteiger partial charge < -0.3 is 20.9 Å². The molecule has 1 saturated heterocycles. The highest BCUT2D eigenvalue weighted by atomic mass is 35.5. The van der Waals surface area contributed by atoms with Crippen LogP contribution in [-0.2, 0) is 0 Å². The summed E-state index contributed by atoms with van der Waals surface area (Å²) in [7, 11) is 0. The zero-order valence-electron chi connectivity index (χ0n) is 16.1. The number of halogens is 1. The Morgan fingerprint density at radius 2 is 2.14 bits per heavy atom. The fourth-order valence-electron chi connectivity index (χ4n) is 4.13. The van der Waals surface area contributed by atoms with Crippen LogP contribution in [0.15, 0.2) is 36.9 Å². The molecule has 1 amide bonds. The van der Waals surface area contributed by atoms with E-state index in [0.717, 1.165) is 42.7 Å². The Bertz CT molecular complexity index is 1020. The number of pyridine rings is 2. The molecular weight excluding hydrogens is 388 g/mol. The molecule has 0 spiro atoms. The summed E-state index contributed by atoms with van der Waals surface area (Å²) in [5.74, 6) is 0.383. The predicted octanol–water partition coefficient (Wildman–Crippen LogP) is 3.44. The van der Waals surface area contributed by atoms with Crippen LogP contribution in [-0.4, -0.2) is 40.0 Å². The van der Waals surface area contributed by atoms with Gasteiger partial charge in [0.2, 0.25) is 0 Å². The number of carbonyl (C=O) groups excluding carboxylic acids is 1. The van der Waals surface area contributed by atoms with Gasteiger partial charge in [0.1, 0.15) is 5.65 Å². The molecule has 0 aromatic carbocycles. The van der Waals surface area contributed by atoms with Crippen molar-refractivity contribution in [3.8, 4) is 0 Å². The van der Waals surface area contributed by atoms with Crippen molar-refractivity contribution < 1.29 is 4.79 Å². The number of anilines is 2. The molecule has 1 atom stereocenters. The van der Waals surface area contributed by atoms with Gasteiger partial charge in [0.15, 0.2) is 0 Å². The number of hydrogen-bond donors (Lipinski definition) is 3. The van der Waals surface area contributed by atoms with Crippen molar-refractivity contribution in [3.63, 3.8) is 0 Å². The average molecular weight is 413 g/mol. The quantitative estimate of drug-likeness (QED) is 0.609. The summed E-state index contributed by atoms with van der Waals surface area (Å²) in [6, 6.07) is 3.70. The van der Waals surface area contributed by atoms with Crippen LogP contribution in [0.4, 0.5) is 11.4 Å². The molecule has 0 radical (unpaired) electrons. The first-order chi connectivity index (χ1) is 13.7. The predicted molar refractivity (Wildman–Crippen MR) is 117 cm³/mol. The molecule has 152 valence electrons. The topological polar surface area (TPSA) is 99.9 Å². The summed E-state index contributed by atoms with van der Waals surface area (Å²) < 4.78 is 0. The zero-order chi connectivity index (χ0) is 19.1. The largest absolute Gasteiger partial charge is 0.369 e. The number of rotatable bonds is 4. The molecule has 2 aliphatic rings. The minimum absolute atomic E-state index is 0. The van der Waals surface area contributed by atoms with Gasteiger partial charge in [-0.1, -0.05) is 0 Å². The minimum atomic E-state index is -0.174. The third-order valence-corrected chi connectivity index (χ3v) is 5.67. The van der Waals surface area contributed by atoms with Crippen molar-refractivity contribution in [1.29, 1.82) is 0 Å². The number of hydrogen-bond acceptors (Lipinski definition) is 5. The molecule has 4 heterocycles. The van der Waals surface area contributed by atoms with E-state index in [9.17, 15) is 4.79 Å². The Morgan fingerprint density at radius 1 is 1.28 bits per heavy atom. The van der Waals surface area contributed by atoms with Crippen molar-refractivity contribution >= 4 is 40.7 Å². The van der Waals surface area contributed by atoms with E-state index >= 15 is 0 Å². The molecule has 8 heteroatoms. The highest BCUT2D eigenvalue weighted by Gasteiger charge is 2.32. The Labute approximate surface area is 175 Å². The van der Waals surface area contributed by atoms with E-state index in [0.29, 0.717) is 11.5 Å². The van der Waals surface area contributed by atoms with Crippen LogP contribution in [0.3, 0.4) is 0 Å². The lowest BCUT2D eigenvalue weighted by atomic mass is 10.0. The summed E-state index contributed by atoms with van der Waals surface area (Å²) in [5, 5.41) is 4.03. The summed E-state index contributed by atoms with van der Waals surface area (Å²) in [6.45, 7) is 1.81. The lowest BCUT2D eigenvalue weighted by Crippen LogP contribution is -2.43. The summed E-state index contributed by atoms with van der Waals surface area (Å²) in [5.41, 5.74) is 10.8. The van der Waals surface area contributed by atoms with Crippen LogP contribution in [0, 0.1) is 0 Å². The Balaban J connectivity index is 0.00000205. The number of piperidine rings is 1. The molecule has 1 saturated carbocycles. The normalized spacial score (nSPS) is 19.1. The number of nitrogens with one attached hydrogen (secondary N) is 2. The Hall–Kier alpha value is -2.64. The summed E-state index contributed by atoms with van der Waals surface area (Å²) in [4.78, 5) is 27.0. The van der Waals surface area contributed by atoms with Crippen LogP contribution >= 0.6 is 12.4 Å². The van der Waals surface area contributed by atoms with Gasteiger partial charge in [-0.3, -0.25) is 9.78 Å². The van der Waals surface area contributed by atoms with E-state index < -0.39 is 0 Å².